The zero-order valence-electron chi connectivity index (χ0n) is 13.9. The van der Waals surface area contributed by atoms with Crippen LogP contribution in [0.25, 0.3) is 0 Å². The molecule has 2 rings (SSSR count). The molecule has 2 atom stereocenters. The number of hydrogen-bond acceptors (Lipinski definition) is 2. The Morgan fingerprint density at radius 3 is 2.59 bits per heavy atom. The second kappa shape index (κ2) is 7.63. The molecule has 0 bridgehead atoms. The topological polar surface area (TPSA) is 52.6 Å². The van der Waals surface area contributed by atoms with E-state index in [4.69, 9.17) is 0 Å². The third-order valence-electron chi connectivity index (χ3n) is 4.54. The van der Waals surface area contributed by atoms with Crippen LogP contribution >= 0.6 is 0 Å². The fourth-order valence-electron chi connectivity index (χ4n) is 3.10. The van der Waals surface area contributed by atoms with Crippen molar-refractivity contribution in [3.05, 3.63) is 35.4 Å². The Labute approximate surface area is 133 Å². The SMILES string of the molecule is CCc1ccc(C(NC(=O)N2CCC[C@H]2CO)C(C)C)cc1. The molecule has 1 fully saturated rings. The molecule has 2 amide bonds. The highest BCUT2D eigenvalue weighted by atomic mass is 16.3. The Balaban J connectivity index is 2.09. The van der Waals surface area contributed by atoms with Gasteiger partial charge in [0.1, 0.15) is 0 Å². The molecule has 122 valence electrons. The number of nitrogens with one attached hydrogen (secondary N) is 1. The van der Waals surface area contributed by atoms with Crippen molar-refractivity contribution >= 4 is 6.03 Å². The third-order valence-corrected chi connectivity index (χ3v) is 4.54. The molecule has 1 saturated heterocycles. The van der Waals surface area contributed by atoms with Crippen LogP contribution in [0.2, 0.25) is 0 Å². The van der Waals surface area contributed by atoms with E-state index in [1.807, 2.05) is 0 Å². The lowest BCUT2D eigenvalue weighted by molar-refractivity contribution is 0.152. The number of hydrogen-bond donors (Lipinski definition) is 2. The highest BCUT2D eigenvalue weighted by Gasteiger charge is 2.30. The molecule has 2 N–H and O–H groups in total. The summed E-state index contributed by atoms with van der Waals surface area (Å²) in [6.45, 7) is 7.15. The maximum absolute atomic E-state index is 12.5. The fourth-order valence-corrected chi connectivity index (χ4v) is 3.10. The van der Waals surface area contributed by atoms with E-state index in [2.05, 4.69) is 50.4 Å². The van der Waals surface area contributed by atoms with Gasteiger partial charge in [0.05, 0.1) is 18.7 Å². The van der Waals surface area contributed by atoms with Crippen molar-refractivity contribution in [2.75, 3.05) is 13.2 Å². The minimum atomic E-state index is -0.0604. The molecule has 0 radical (unpaired) electrons. The maximum atomic E-state index is 12.5. The molecule has 0 aliphatic carbocycles. The van der Waals surface area contributed by atoms with Crippen molar-refractivity contribution in [3.63, 3.8) is 0 Å². The molecule has 4 nitrogen and oxygen atoms in total. The number of carbonyl (C=O) groups is 1. The number of urea groups is 1. The van der Waals surface area contributed by atoms with E-state index < -0.39 is 0 Å². The number of aryl methyl sites for hydroxylation is 1. The number of aliphatic hydroxyl groups excluding tert-OH is 1. The minimum absolute atomic E-state index is 0.00153. The lowest BCUT2D eigenvalue weighted by atomic mass is 9.95. The Hall–Kier alpha value is -1.55. The van der Waals surface area contributed by atoms with Gasteiger partial charge in [0.15, 0.2) is 0 Å². The van der Waals surface area contributed by atoms with Crippen LogP contribution in [0.5, 0.6) is 0 Å². The summed E-state index contributed by atoms with van der Waals surface area (Å²) < 4.78 is 0. The molecular formula is C18H28N2O2. The Bertz CT molecular complexity index is 484. The third kappa shape index (κ3) is 3.80. The molecule has 4 heteroatoms. The summed E-state index contributed by atoms with van der Waals surface area (Å²) in [6.07, 6.45) is 2.88. The highest BCUT2D eigenvalue weighted by Crippen LogP contribution is 2.24. The van der Waals surface area contributed by atoms with Crippen LogP contribution in [0, 0.1) is 5.92 Å². The fraction of sp³-hybridized carbons (Fsp3) is 0.611. The van der Waals surface area contributed by atoms with Crippen LogP contribution in [-0.4, -0.2) is 35.2 Å². The van der Waals surface area contributed by atoms with Gasteiger partial charge in [-0.15, -0.1) is 0 Å². The summed E-state index contributed by atoms with van der Waals surface area (Å²) in [5.41, 5.74) is 2.44. The predicted octanol–water partition coefficient (Wildman–Crippen LogP) is 3.11. The van der Waals surface area contributed by atoms with Gasteiger partial charge in [-0.2, -0.15) is 0 Å². The minimum Gasteiger partial charge on any atom is -0.394 e. The first kappa shape index (κ1) is 16.8. The molecule has 1 heterocycles. The Morgan fingerprint density at radius 2 is 2.05 bits per heavy atom. The molecule has 1 unspecified atom stereocenters. The van der Waals surface area contributed by atoms with Crippen LogP contribution in [0.1, 0.15) is 50.8 Å². The normalized spacial score (nSPS) is 19.5. The van der Waals surface area contributed by atoms with Crippen molar-refractivity contribution in [3.8, 4) is 0 Å². The van der Waals surface area contributed by atoms with Gasteiger partial charge in [0, 0.05) is 6.54 Å². The van der Waals surface area contributed by atoms with Crippen molar-refractivity contribution in [2.45, 2.75) is 52.1 Å². The van der Waals surface area contributed by atoms with Crippen molar-refractivity contribution < 1.29 is 9.90 Å². The molecule has 1 aliphatic rings. The average molecular weight is 304 g/mol. The zero-order chi connectivity index (χ0) is 16.1. The van der Waals surface area contributed by atoms with Gasteiger partial charge < -0.3 is 15.3 Å². The second-order valence-corrected chi connectivity index (χ2v) is 6.44. The molecule has 0 aromatic heterocycles. The maximum Gasteiger partial charge on any atom is 0.318 e. The van der Waals surface area contributed by atoms with Crippen LogP contribution < -0.4 is 5.32 Å². The van der Waals surface area contributed by atoms with Crippen LogP contribution in [0.3, 0.4) is 0 Å². The molecule has 1 aromatic rings. The first-order valence-corrected chi connectivity index (χ1v) is 8.33. The molecule has 22 heavy (non-hydrogen) atoms. The van der Waals surface area contributed by atoms with Crippen LogP contribution in [0.15, 0.2) is 24.3 Å². The number of aliphatic hydroxyl groups is 1. The summed E-state index contributed by atoms with van der Waals surface area (Å²) in [5.74, 6) is 0.312. The van der Waals surface area contributed by atoms with E-state index >= 15 is 0 Å². The monoisotopic (exact) mass is 304 g/mol. The van der Waals surface area contributed by atoms with Gasteiger partial charge in [-0.05, 0) is 36.3 Å². The van der Waals surface area contributed by atoms with Crippen molar-refractivity contribution in [2.24, 2.45) is 5.92 Å². The van der Waals surface area contributed by atoms with Gasteiger partial charge >= 0.3 is 6.03 Å². The summed E-state index contributed by atoms with van der Waals surface area (Å²) in [7, 11) is 0. The molecule has 1 aromatic carbocycles. The zero-order valence-corrected chi connectivity index (χ0v) is 13.9. The summed E-state index contributed by atoms with van der Waals surface area (Å²) in [6, 6.07) is 8.38. The van der Waals surface area contributed by atoms with E-state index in [0.29, 0.717) is 5.92 Å². The van der Waals surface area contributed by atoms with E-state index in [1.165, 1.54) is 5.56 Å². The number of rotatable bonds is 5. The van der Waals surface area contributed by atoms with E-state index in [-0.39, 0.29) is 24.7 Å². The van der Waals surface area contributed by atoms with Gasteiger partial charge in [-0.25, -0.2) is 4.79 Å². The quantitative estimate of drug-likeness (QED) is 0.878. The summed E-state index contributed by atoms with van der Waals surface area (Å²) in [4.78, 5) is 14.3. The first-order valence-electron chi connectivity index (χ1n) is 8.33. The number of carbonyl (C=O) groups excluding carboxylic acids is 1. The number of amides is 2. The van der Waals surface area contributed by atoms with E-state index in [0.717, 1.165) is 31.4 Å². The summed E-state index contributed by atoms with van der Waals surface area (Å²) in [5, 5.41) is 12.5. The van der Waals surface area contributed by atoms with E-state index in [1.54, 1.807) is 4.90 Å². The summed E-state index contributed by atoms with van der Waals surface area (Å²) >= 11 is 0. The van der Waals surface area contributed by atoms with Crippen molar-refractivity contribution in [1.82, 2.24) is 10.2 Å². The molecule has 0 saturated carbocycles. The first-order chi connectivity index (χ1) is 10.6. The molecule has 0 spiro atoms. The standard InChI is InChI=1S/C18H28N2O2/c1-4-14-7-9-15(10-8-14)17(13(2)3)19-18(22)20-11-5-6-16(20)12-21/h7-10,13,16-17,21H,4-6,11-12H2,1-3H3,(H,19,22)/t16-,17?/m0/s1. The van der Waals surface area contributed by atoms with Crippen molar-refractivity contribution in [1.29, 1.82) is 0 Å². The Morgan fingerprint density at radius 1 is 1.36 bits per heavy atom. The second-order valence-electron chi connectivity index (χ2n) is 6.44. The Kier molecular flexibility index (Phi) is 5.83. The van der Waals surface area contributed by atoms with Gasteiger partial charge in [0.2, 0.25) is 0 Å². The predicted molar refractivity (Wildman–Crippen MR) is 88.7 cm³/mol. The molecular weight excluding hydrogens is 276 g/mol. The average Bonchev–Trinajstić information content (AvgIpc) is 3.01. The highest BCUT2D eigenvalue weighted by molar-refractivity contribution is 5.75. The van der Waals surface area contributed by atoms with Crippen LogP contribution in [-0.2, 0) is 6.42 Å². The lowest BCUT2D eigenvalue weighted by Crippen LogP contribution is -2.46. The lowest BCUT2D eigenvalue weighted by Gasteiger charge is -2.29. The largest absolute Gasteiger partial charge is 0.394 e. The van der Waals surface area contributed by atoms with Gasteiger partial charge in [0.25, 0.3) is 0 Å². The number of benzene rings is 1. The molecule has 1 aliphatic heterocycles. The smallest absolute Gasteiger partial charge is 0.318 e. The van der Waals surface area contributed by atoms with Gasteiger partial charge in [-0.3, -0.25) is 0 Å². The van der Waals surface area contributed by atoms with Gasteiger partial charge in [-0.1, -0.05) is 45.0 Å². The number of nitrogens with zero attached hydrogens (tertiary/aromatic N) is 1. The number of likely N-dealkylation sites (tertiary alicyclic amines) is 1. The van der Waals surface area contributed by atoms with Crippen LogP contribution in [0.4, 0.5) is 4.79 Å². The van der Waals surface area contributed by atoms with E-state index in [9.17, 15) is 9.90 Å².